The molecule has 148 valence electrons. The molecule has 2 aliphatic heterocycles. The van der Waals surface area contributed by atoms with Crippen LogP contribution in [0.4, 0.5) is 0 Å². The maximum atomic E-state index is 12.8. The molecule has 8 nitrogen and oxygen atoms in total. The van der Waals surface area contributed by atoms with Gasteiger partial charge in [-0.2, -0.15) is 4.31 Å². The molecule has 2 heterocycles. The number of hydrogen-bond donors (Lipinski definition) is 2. The predicted molar refractivity (Wildman–Crippen MR) is 96.5 cm³/mol. The maximum absolute atomic E-state index is 12.8. The highest BCUT2D eigenvalue weighted by molar-refractivity contribution is 7.89. The van der Waals surface area contributed by atoms with Gasteiger partial charge in [-0.1, -0.05) is 18.2 Å². The highest BCUT2D eigenvalue weighted by atomic mass is 32.2. The highest BCUT2D eigenvalue weighted by Gasteiger charge is 2.41. The molecular formula is C18H24N2O6S. The van der Waals surface area contributed by atoms with E-state index in [4.69, 9.17) is 9.84 Å². The number of sulfonamides is 1. The number of benzene rings is 1. The number of hydrogen-bond acceptors (Lipinski definition) is 5. The smallest absolute Gasteiger partial charge is 0.305 e. The molecule has 2 aliphatic rings. The summed E-state index contributed by atoms with van der Waals surface area (Å²) in [5, 5.41) is 12.0. The van der Waals surface area contributed by atoms with Gasteiger partial charge in [0.2, 0.25) is 15.9 Å². The van der Waals surface area contributed by atoms with Crippen molar-refractivity contribution >= 4 is 21.9 Å². The molecule has 2 saturated heterocycles. The van der Waals surface area contributed by atoms with Gasteiger partial charge in [0.15, 0.2) is 0 Å². The first kappa shape index (κ1) is 19.8. The van der Waals surface area contributed by atoms with Crippen LogP contribution in [0.2, 0.25) is 0 Å². The fraction of sp³-hybridized carbons (Fsp3) is 0.556. The molecule has 27 heavy (non-hydrogen) atoms. The fourth-order valence-corrected chi connectivity index (χ4v) is 5.20. The van der Waals surface area contributed by atoms with Crippen LogP contribution in [-0.2, 0) is 24.3 Å². The number of nitrogens with zero attached hydrogens (tertiary/aromatic N) is 1. The second-order valence-electron chi connectivity index (χ2n) is 7.16. The molecule has 1 aromatic carbocycles. The Balaban J connectivity index is 1.70. The number of rotatable bonds is 6. The molecule has 0 aliphatic carbocycles. The van der Waals surface area contributed by atoms with E-state index < -0.39 is 27.4 Å². The third-order valence-corrected chi connectivity index (χ3v) is 7.00. The van der Waals surface area contributed by atoms with E-state index in [0.717, 1.165) is 0 Å². The van der Waals surface area contributed by atoms with Crippen LogP contribution >= 0.6 is 0 Å². The van der Waals surface area contributed by atoms with Crippen molar-refractivity contribution in [2.75, 3.05) is 26.3 Å². The molecule has 0 aromatic heterocycles. The molecular weight excluding hydrogens is 372 g/mol. The Morgan fingerprint density at radius 3 is 2.67 bits per heavy atom. The zero-order valence-electron chi connectivity index (χ0n) is 15.0. The van der Waals surface area contributed by atoms with Gasteiger partial charge in [-0.15, -0.1) is 0 Å². The second-order valence-corrected chi connectivity index (χ2v) is 9.10. The summed E-state index contributed by atoms with van der Waals surface area (Å²) in [6.07, 6.45) is 1.37. The summed E-state index contributed by atoms with van der Waals surface area (Å²) in [5.41, 5.74) is -0.913. The van der Waals surface area contributed by atoms with Crippen LogP contribution in [0, 0.1) is 5.92 Å². The monoisotopic (exact) mass is 396 g/mol. The van der Waals surface area contributed by atoms with Crippen LogP contribution in [0.25, 0.3) is 0 Å². The summed E-state index contributed by atoms with van der Waals surface area (Å²) in [5.74, 6) is -1.82. The molecule has 2 unspecified atom stereocenters. The van der Waals surface area contributed by atoms with E-state index in [9.17, 15) is 18.0 Å². The van der Waals surface area contributed by atoms with Gasteiger partial charge in [-0.25, -0.2) is 8.42 Å². The Kier molecular flexibility index (Phi) is 5.83. The van der Waals surface area contributed by atoms with Crippen LogP contribution in [0.5, 0.6) is 0 Å². The SMILES string of the molecule is O=C(O)CC1(NC(=O)C2CCCN(S(=O)(=O)c3ccccc3)C2)CCOC1. The van der Waals surface area contributed by atoms with Crippen molar-refractivity contribution in [2.24, 2.45) is 5.92 Å². The van der Waals surface area contributed by atoms with E-state index in [1.807, 2.05) is 0 Å². The fourth-order valence-electron chi connectivity index (χ4n) is 3.66. The molecule has 9 heteroatoms. The van der Waals surface area contributed by atoms with E-state index in [-0.39, 0.29) is 30.4 Å². The van der Waals surface area contributed by atoms with Crippen LogP contribution in [0.15, 0.2) is 35.2 Å². The Morgan fingerprint density at radius 2 is 2.04 bits per heavy atom. The van der Waals surface area contributed by atoms with Crippen molar-refractivity contribution in [2.45, 2.75) is 36.1 Å². The average molecular weight is 396 g/mol. The lowest BCUT2D eigenvalue weighted by Gasteiger charge is -2.34. The zero-order valence-corrected chi connectivity index (χ0v) is 15.8. The molecule has 0 spiro atoms. The topological polar surface area (TPSA) is 113 Å². The van der Waals surface area contributed by atoms with Crippen molar-refractivity contribution < 1.29 is 27.9 Å². The van der Waals surface area contributed by atoms with Gasteiger partial charge in [0.1, 0.15) is 0 Å². The standard InChI is InChI=1S/C18H24N2O6S/c21-16(22)11-18(8-10-26-13-18)19-17(23)14-5-4-9-20(12-14)27(24,25)15-6-2-1-3-7-15/h1-3,6-7,14H,4-5,8-13H2,(H,19,23)(H,21,22). The van der Waals surface area contributed by atoms with Gasteiger partial charge in [-0.3, -0.25) is 9.59 Å². The molecule has 0 bridgehead atoms. The van der Waals surface area contributed by atoms with Crippen molar-refractivity contribution in [3.63, 3.8) is 0 Å². The summed E-state index contributed by atoms with van der Waals surface area (Å²) < 4.78 is 32.2. The van der Waals surface area contributed by atoms with E-state index in [1.54, 1.807) is 18.2 Å². The van der Waals surface area contributed by atoms with Crippen molar-refractivity contribution in [1.29, 1.82) is 0 Å². The maximum Gasteiger partial charge on any atom is 0.305 e. The number of amides is 1. The minimum atomic E-state index is -3.66. The molecule has 0 radical (unpaired) electrons. The van der Waals surface area contributed by atoms with Crippen LogP contribution in [-0.4, -0.2) is 61.5 Å². The van der Waals surface area contributed by atoms with Gasteiger partial charge >= 0.3 is 5.97 Å². The number of nitrogens with one attached hydrogen (secondary N) is 1. The first-order chi connectivity index (χ1) is 12.8. The number of carbonyl (C=O) groups excluding carboxylic acids is 1. The Bertz CT molecular complexity index is 789. The van der Waals surface area contributed by atoms with Crippen molar-refractivity contribution in [3.05, 3.63) is 30.3 Å². The minimum Gasteiger partial charge on any atom is -0.481 e. The van der Waals surface area contributed by atoms with Crippen LogP contribution in [0.1, 0.15) is 25.7 Å². The zero-order chi connectivity index (χ0) is 19.5. The van der Waals surface area contributed by atoms with Crippen molar-refractivity contribution in [1.82, 2.24) is 9.62 Å². The molecule has 1 aromatic rings. The first-order valence-electron chi connectivity index (χ1n) is 8.99. The van der Waals surface area contributed by atoms with Gasteiger partial charge < -0.3 is 15.2 Å². The molecule has 2 N–H and O–H groups in total. The third-order valence-electron chi connectivity index (χ3n) is 5.12. The van der Waals surface area contributed by atoms with E-state index in [2.05, 4.69) is 5.32 Å². The second kappa shape index (κ2) is 7.95. The normalized spacial score (nSPS) is 26.6. The van der Waals surface area contributed by atoms with Gasteiger partial charge in [0, 0.05) is 19.7 Å². The largest absolute Gasteiger partial charge is 0.481 e. The Morgan fingerprint density at radius 1 is 1.30 bits per heavy atom. The molecule has 2 fully saturated rings. The lowest BCUT2D eigenvalue weighted by Crippen LogP contribution is -2.54. The average Bonchev–Trinajstić information content (AvgIpc) is 3.09. The van der Waals surface area contributed by atoms with E-state index >= 15 is 0 Å². The molecule has 0 saturated carbocycles. The molecule has 1 amide bonds. The molecule has 2 atom stereocenters. The van der Waals surface area contributed by atoms with E-state index in [0.29, 0.717) is 32.4 Å². The number of carboxylic acid groups (broad SMARTS) is 1. The third kappa shape index (κ3) is 4.48. The number of carbonyl (C=O) groups is 2. The predicted octanol–water partition coefficient (Wildman–Crippen LogP) is 0.837. The summed E-state index contributed by atoms with van der Waals surface area (Å²) in [6.45, 7) is 1.01. The van der Waals surface area contributed by atoms with Gasteiger partial charge in [0.05, 0.1) is 29.4 Å². The number of aliphatic carboxylic acids is 1. The Hall–Kier alpha value is -1.97. The number of ether oxygens (including phenoxy) is 1. The molecule has 3 rings (SSSR count). The summed E-state index contributed by atoms with van der Waals surface area (Å²) in [7, 11) is -3.66. The lowest BCUT2D eigenvalue weighted by molar-refractivity contribution is -0.139. The van der Waals surface area contributed by atoms with Crippen LogP contribution in [0.3, 0.4) is 0 Å². The highest BCUT2D eigenvalue weighted by Crippen LogP contribution is 2.27. The quantitative estimate of drug-likeness (QED) is 0.737. The first-order valence-corrected chi connectivity index (χ1v) is 10.4. The van der Waals surface area contributed by atoms with E-state index in [1.165, 1.54) is 16.4 Å². The van der Waals surface area contributed by atoms with Crippen molar-refractivity contribution in [3.8, 4) is 0 Å². The van der Waals surface area contributed by atoms with Crippen LogP contribution < -0.4 is 5.32 Å². The summed E-state index contributed by atoms with van der Waals surface area (Å²) in [4.78, 5) is 24.1. The lowest BCUT2D eigenvalue weighted by atomic mass is 9.91. The minimum absolute atomic E-state index is 0.0903. The summed E-state index contributed by atoms with van der Waals surface area (Å²) >= 11 is 0. The Labute approximate surface area is 158 Å². The van der Waals surface area contributed by atoms with Gasteiger partial charge in [0.25, 0.3) is 0 Å². The number of piperidine rings is 1. The number of carboxylic acids is 1. The summed E-state index contributed by atoms with van der Waals surface area (Å²) in [6, 6.07) is 8.15. The van der Waals surface area contributed by atoms with Gasteiger partial charge in [-0.05, 0) is 31.4 Å².